The molecule has 10 heteroatoms. The Morgan fingerprint density at radius 1 is 1.14 bits per heavy atom. The summed E-state index contributed by atoms with van der Waals surface area (Å²) in [6, 6.07) is 13.2. The van der Waals surface area contributed by atoms with Gasteiger partial charge in [0.1, 0.15) is 24.7 Å². The molecule has 0 atom stereocenters. The first-order valence-corrected chi connectivity index (χ1v) is 10.4. The summed E-state index contributed by atoms with van der Waals surface area (Å²) in [5.41, 5.74) is 5.25. The van der Waals surface area contributed by atoms with Gasteiger partial charge in [-0.25, -0.2) is 0 Å². The number of carbonyl (C=O) groups excluding carboxylic acids is 2. The lowest BCUT2D eigenvalue weighted by Gasteiger charge is -2.11. The molecule has 0 radical (unpaired) electrons. The molecule has 2 aromatic carbocycles. The van der Waals surface area contributed by atoms with Gasteiger partial charge >= 0.3 is 6.18 Å². The van der Waals surface area contributed by atoms with Crippen molar-refractivity contribution >= 4 is 23.6 Å². The first-order chi connectivity index (χ1) is 17.2. The molecule has 0 saturated carbocycles. The summed E-state index contributed by atoms with van der Waals surface area (Å²) in [4.78, 5) is 27.4. The van der Waals surface area contributed by atoms with Crippen LogP contribution in [-0.2, 0) is 17.6 Å². The van der Waals surface area contributed by atoms with Gasteiger partial charge in [-0.15, -0.1) is 0 Å². The van der Waals surface area contributed by atoms with Crippen molar-refractivity contribution in [2.45, 2.75) is 12.8 Å². The quantitative estimate of drug-likeness (QED) is 0.341. The van der Waals surface area contributed by atoms with Gasteiger partial charge in [-0.2, -0.15) is 13.2 Å². The summed E-state index contributed by atoms with van der Waals surface area (Å²) in [6.07, 6.45) is -0.585. The topological polar surface area (TPSA) is 115 Å². The Morgan fingerprint density at radius 3 is 2.67 bits per heavy atom. The maximum absolute atomic E-state index is 13.3. The number of nitrogens with two attached hydrogens (primary N) is 1. The number of aliphatic hydroxyl groups excluding tert-OH is 1. The molecule has 7 nitrogen and oxygen atoms in total. The van der Waals surface area contributed by atoms with Gasteiger partial charge in [0, 0.05) is 23.5 Å². The molecule has 0 aliphatic heterocycles. The normalized spacial score (nSPS) is 11.0. The molecule has 184 valence electrons. The lowest BCUT2D eigenvalue weighted by Crippen LogP contribution is -2.13. The van der Waals surface area contributed by atoms with Gasteiger partial charge in [-0.3, -0.25) is 14.6 Å². The van der Waals surface area contributed by atoms with Gasteiger partial charge in [-0.05, 0) is 59.7 Å². The van der Waals surface area contributed by atoms with E-state index in [1.54, 1.807) is 30.3 Å². The van der Waals surface area contributed by atoms with Gasteiger partial charge in [0.05, 0.1) is 5.56 Å². The van der Waals surface area contributed by atoms with Gasteiger partial charge in [0.2, 0.25) is 5.91 Å². The molecule has 36 heavy (non-hydrogen) atoms. The van der Waals surface area contributed by atoms with E-state index >= 15 is 0 Å². The van der Waals surface area contributed by atoms with E-state index < -0.39 is 30.2 Å². The number of hydrogen-bond acceptors (Lipinski definition) is 5. The molecule has 3 aromatic rings. The molecule has 0 fully saturated rings. The Balaban J connectivity index is 1.66. The zero-order valence-corrected chi connectivity index (χ0v) is 18.7. The Labute approximate surface area is 204 Å². The zero-order chi connectivity index (χ0) is 26.1. The molecule has 2 amide bonds. The monoisotopic (exact) mass is 495 g/mol. The molecule has 0 spiro atoms. The number of ether oxygens (including phenoxy) is 1. The van der Waals surface area contributed by atoms with Gasteiger partial charge in [0.25, 0.3) is 5.91 Å². The van der Waals surface area contributed by atoms with E-state index in [1.807, 2.05) is 0 Å². The molecule has 0 bridgehead atoms. The molecule has 0 aliphatic rings. The predicted molar refractivity (Wildman–Crippen MR) is 127 cm³/mol. The van der Waals surface area contributed by atoms with Crippen molar-refractivity contribution in [1.29, 1.82) is 0 Å². The zero-order valence-electron chi connectivity index (χ0n) is 18.7. The van der Waals surface area contributed by atoms with E-state index in [0.29, 0.717) is 16.9 Å². The number of carbonyl (C=O) groups is 2. The second-order valence-corrected chi connectivity index (χ2v) is 7.32. The Morgan fingerprint density at radius 2 is 1.94 bits per heavy atom. The molecule has 0 unspecified atom stereocenters. The lowest BCUT2D eigenvalue weighted by molar-refractivity contribution is -0.137. The smallest absolute Gasteiger partial charge is 0.417 e. The number of rotatable bonds is 7. The SMILES string of the molecule is NC(=O)c1cc(COc2cccc(C=CC(=O)Nc3ccc(C#CCO)c(C(F)(F)F)c3)c2)ccn1. The van der Waals surface area contributed by atoms with Crippen molar-refractivity contribution in [3.63, 3.8) is 0 Å². The van der Waals surface area contributed by atoms with Gasteiger partial charge in [0.15, 0.2) is 0 Å². The second kappa shape index (κ2) is 11.7. The summed E-state index contributed by atoms with van der Waals surface area (Å²) < 4.78 is 45.7. The predicted octanol–water partition coefficient (Wildman–Crippen LogP) is 3.77. The van der Waals surface area contributed by atoms with Crippen LogP contribution in [0.3, 0.4) is 0 Å². The molecule has 1 heterocycles. The maximum Gasteiger partial charge on any atom is 0.417 e. The van der Waals surface area contributed by atoms with E-state index in [-0.39, 0.29) is 23.6 Å². The summed E-state index contributed by atoms with van der Waals surface area (Å²) in [5, 5.41) is 11.1. The van der Waals surface area contributed by atoms with Gasteiger partial charge < -0.3 is 20.9 Å². The first-order valence-electron chi connectivity index (χ1n) is 10.4. The fourth-order valence-electron chi connectivity index (χ4n) is 3.03. The number of aromatic nitrogens is 1. The highest BCUT2D eigenvalue weighted by Gasteiger charge is 2.33. The van der Waals surface area contributed by atoms with Crippen LogP contribution in [0, 0.1) is 11.8 Å². The Bertz CT molecular complexity index is 1360. The molecular weight excluding hydrogens is 475 g/mol. The van der Waals surface area contributed by atoms with Crippen molar-refractivity contribution in [3.8, 4) is 17.6 Å². The Hall–Kier alpha value is -4.62. The minimum absolute atomic E-state index is 0.0590. The first kappa shape index (κ1) is 26.0. The summed E-state index contributed by atoms with van der Waals surface area (Å²) in [5.74, 6) is 3.63. The van der Waals surface area contributed by atoms with E-state index in [2.05, 4.69) is 22.1 Å². The van der Waals surface area contributed by atoms with Crippen LogP contribution in [0.4, 0.5) is 18.9 Å². The molecule has 0 aliphatic carbocycles. The number of anilines is 1. The number of alkyl halides is 3. The number of benzene rings is 2. The van der Waals surface area contributed by atoms with Crippen molar-refractivity contribution in [2.75, 3.05) is 11.9 Å². The fraction of sp³-hybridized carbons (Fsp3) is 0.115. The highest BCUT2D eigenvalue weighted by Crippen LogP contribution is 2.33. The number of nitrogens with zero attached hydrogens (tertiary/aromatic N) is 1. The molecule has 4 N–H and O–H groups in total. The number of primary amides is 1. The minimum Gasteiger partial charge on any atom is -0.489 e. The van der Waals surface area contributed by atoms with Crippen LogP contribution >= 0.6 is 0 Å². The summed E-state index contributed by atoms with van der Waals surface area (Å²) in [6.45, 7) is -0.427. The highest BCUT2D eigenvalue weighted by atomic mass is 19.4. The van der Waals surface area contributed by atoms with Crippen molar-refractivity contribution in [3.05, 3.63) is 94.8 Å². The van der Waals surface area contributed by atoms with E-state index in [1.165, 1.54) is 30.5 Å². The molecule has 0 saturated heterocycles. The van der Waals surface area contributed by atoms with Crippen LogP contribution < -0.4 is 15.8 Å². The van der Waals surface area contributed by atoms with Crippen LogP contribution in [0.2, 0.25) is 0 Å². The standard InChI is InChI=1S/C26H20F3N3O4/c27-26(28,29)22-15-20(8-7-19(22)4-2-12-33)32-24(34)9-6-17-3-1-5-21(13-17)36-16-18-10-11-31-23(14-18)25(30)35/h1,3,5-11,13-15,33H,12,16H2,(H2,30,35)(H,32,34). The number of pyridine rings is 1. The molecule has 3 rings (SSSR count). The average Bonchev–Trinajstić information content (AvgIpc) is 2.85. The van der Waals surface area contributed by atoms with E-state index in [9.17, 15) is 22.8 Å². The third kappa shape index (κ3) is 7.44. The number of aliphatic hydroxyl groups is 1. The molecular formula is C26H20F3N3O4. The fourth-order valence-corrected chi connectivity index (χ4v) is 3.03. The minimum atomic E-state index is -4.69. The number of amides is 2. The number of nitrogens with one attached hydrogen (secondary N) is 1. The highest BCUT2D eigenvalue weighted by molar-refractivity contribution is 6.02. The number of hydrogen-bond donors (Lipinski definition) is 3. The van der Waals surface area contributed by atoms with Crippen LogP contribution in [0.1, 0.15) is 32.7 Å². The summed E-state index contributed by atoms with van der Waals surface area (Å²) in [7, 11) is 0. The third-order valence-corrected chi connectivity index (χ3v) is 4.66. The maximum atomic E-state index is 13.3. The van der Waals surface area contributed by atoms with Crippen LogP contribution in [-0.4, -0.2) is 28.5 Å². The van der Waals surface area contributed by atoms with Crippen molar-refractivity contribution < 1.29 is 32.6 Å². The van der Waals surface area contributed by atoms with Crippen LogP contribution in [0.5, 0.6) is 5.75 Å². The van der Waals surface area contributed by atoms with Crippen LogP contribution in [0.25, 0.3) is 6.08 Å². The van der Waals surface area contributed by atoms with Crippen molar-refractivity contribution in [2.24, 2.45) is 5.73 Å². The van der Waals surface area contributed by atoms with Crippen LogP contribution in [0.15, 0.2) is 66.9 Å². The lowest BCUT2D eigenvalue weighted by atomic mass is 10.1. The number of halogens is 3. The van der Waals surface area contributed by atoms with Crippen molar-refractivity contribution in [1.82, 2.24) is 4.98 Å². The molecule has 1 aromatic heterocycles. The third-order valence-electron chi connectivity index (χ3n) is 4.66. The Kier molecular flexibility index (Phi) is 8.43. The summed E-state index contributed by atoms with van der Waals surface area (Å²) >= 11 is 0. The van der Waals surface area contributed by atoms with Gasteiger partial charge in [-0.1, -0.05) is 24.0 Å². The average molecular weight is 495 g/mol. The second-order valence-electron chi connectivity index (χ2n) is 7.32. The largest absolute Gasteiger partial charge is 0.489 e. The van der Waals surface area contributed by atoms with E-state index in [0.717, 1.165) is 12.1 Å². The van der Waals surface area contributed by atoms with E-state index in [4.69, 9.17) is 15.6 Å².